The van der Waals surface area contributed by atoms with Gasteiger partial charge >= 0.3 is 0 Å². The predicted octanol–water partition coefficient (Wildman–Crippen LogP) is 3.81. The summed E-state index contributed by atoms with van der Waals surface area (Å²) in [6.45, 7) is 0. The molecule has 0 fully saturated rings. The molecule has 1 unspecified atom stereocenters. The second kappa shape index (κ2) is 3.70. The van der Waals surface area contributed by atoms with Crippen molar-refractivity contribution in [1.29, 1.82) is 0 Å². The lowest BCUT2D eigenvalue weighted by Gasteiger charge is -2.24. The molecule has 0 aliphatic carbocycles. The average Bonchev–Trinajstić information content (AvgIpc) is 2.77. The van der Waals surface area contributed by atoms with Crippen LogP contribution < -0.4 is 4.74 Å². The number of hydrogen-bond donors (Lipinski definition) is 0. The first-order chi connectivity index (χ1) is 7.43. The monoisotopic (exact) mass is 216 g/mol. The Labute approximate surface area is 93.3 Å². The molecule has 2 aromatic rings. The predicted molar refractivity (Wildman–Crippen MR) is 62.5 cm³/mol. The van der Waals surface area contributed by atoms with Gasteiger partial charge in [-0.2, -0.15) is 0 Å². The average molecular weight is 216 g/mol. The fourth-order valence-corrected chi connectivity index (χ4v) is 2.82. The van der Waals surface area contributed by atoms with Crippen LogP contribution in [0.3, 0.4) is 0 Å². The zero-order valence-electron chi connectivity index (χ0n) is 8.35. The Hall–Kier alpha value is -1.28. The molecule has 1 atom stereocenters. The molecule has 0 saturated heterocycles. The third-order valence-corrected chi connectivity index (χ3v) is 3.74. The second-order valence-electron chi connectivity index (χ2n) is 3.76. The molecule has 0 spiro atoms. The van der Waals surface area contributed by atoms with E-state index in [0.717, 1.165) is 18.6 Å². The second-order valence-corrected chi connectivity index (χ2v) is 4.76. The van der Waals surface area contributed by atoms with Gasteiger partial charge in [0.25, 0.3) is 0 Å². The van der Waals surface area contributed by atoms with Gasteiger partial charge in [0.2, 0.25) is 0 Å². The first-order valence-corrected chi connectivity index (χ1v) is 6.09. The van der Waals surface area contributed by atoms with Crippen molar-refractivity contribution < 1.29 is 4.74 Å². The molecule has 2 heteroatoms. The van der Waals surface area contributed by atoms with E-state index in [-0.39, 0.29) is 6.10 Å². The highest BCUT2D eigenvalue weighted by Gasteiger charge is 2.21. The van der Waals surface area contributed by atoms with Gasteiger partial charge in [-0.1, -0.05) is 30.3 Å². The quantitative estimate of drug-likeness (QED) is 0.704. The van der Waals surface area contributed by atoms with E-state index in [4.69, 9.17) is 4.74 Å². The summed E-state index contributed by atoms with van der Waals surface area (Å²) in [5, 5.41) is 2.11. The SMILES string of the molecule is c1ccc(C2CCc3sccc3O2)cc1. The largest absolute Gasteiger partial charge is 0.485 e. The molecule has 3 rings (SSSR count). The van der Waals surface area contributed by atoms with Gasteiger partial charge in [0.15, 0.2) is 0 Å². The van der Waals surface area contributed by atoms with Crippen LogP contribution in [0.25, 0.3) is 0 Å². The molecule has 0 saturated carbocycles. The number of hydrogen-bond acceptors (Lipinski definition) is 2. The van der Waals surface area contributed by atoms with Crippen LogP contribution in [0, 0.1) is 0 Å². The molecular weight excluding hydrogens is 204 g/mol. The van der Waals surface area contributed by atoms with Crippen molar-refractivity contribution in [2.24, 2.45) is 0 Å². The minimum Gasteiger partial charge on any atom is -0.485 e. The van der Waals surface area contributed by atoms with Crippen LogP contribution in [0.15, 0.2) is 41.8 Å². The van der Waals surface area contributed by atoms with Gasteiger partial charge in [0.1, 0.15) is 11.9 Å². The normalized spacial score (nSPS) is 19.3. The minimum absolute atomic E-state index is 0.244. The smallest absolute Gasteiger partial charge is 0.134 e. The maximum Gasteiger partial charge on any atom is 0.134 e. The molecule has 76 valence electrons. The van der Waals surface area contributed by atoms with E-state index < -0.39 is 0 Å². The van der Waals surface area contributed by atoms with E-state index >= 15 is 0 Å². The van der Waals surface area contributed by atoms with Crippen molar-refractivity contribution in [3.8, 4) is 5.75 Å². The van der Waals surface area contributed by atoms with E-state index in [2.05, 4.69) is 35.7 Å². The number of ether oxygens (including phenoxy) is 1. The molecule has 2 heterocycles. The Morgan fingerprint density at radius 1 is 1.13 bits per heavy atom. The number of fused-ring (bicyclic) bond motifs is 1. The summed E-state index contributed by atoms with van der Waals surface area (Å²) in [7, 11) is 0. The molecule has 1 aromatic heterocycles. The first-order valence-electron chi connectivity index (χ1n) is 5.21. The summed E-state index contributed by atoms with van der Waals surface area (Å²) >= 11 is 1.80. The Balaban J connectivity index is 1.88. The van der Waals surface area contributed by atoms with Crippen molar-refractivity contribution in [2.45, 2.75) is 18.9 Å². The molecule has 1 nitrogen and oxygen atoms in total. The summed E-state index contributed by atoms with van der Waals surface area (Å²) in [6, 6.07) is 12.5. The van der Waals surface area contributed by atoms with Crippen molar-refractivity contribution in [2.75, 3.05) is 0 Å². The Kier molecular flexibility index (Phi) is 2.22. The molecule has 1 aromatic carbocycles. The highest BCUT2D eigenvalue weighted by molar-refractivity contribution is 7.10. The third kappa shape index (κ3) is 1.65. The molecule has 0 bridgehead atoms. The lowest BCUT2D eigenvalue weighted by molar-refractivity contribution is 0.179. The van der Waals surface area contributed by atoms with Crippen LogP contribution in [-0.2, 0) is 6.42 Å². The van der Waals surface area contributed by atoms with Gasteiger partial charge in [-0.15, -0.1) is 11.3 Å². The van der Waals surface area contributed by atoms with Crippen LogP contribution in [0.2, 0.25) is 0 Å². The summed E-state index contributed by atoms with van der Waals surface area (Å²) < 4.78 is 5.97. The van der Waals surface area contributed by atoms with Crippen LogP contribution in [-0.4, -0.2) is 0 Å². The number of benzene rings is 1. The maximum atomic E-state index is 5.97. The van der Waals surface area contributed by atoms with Crippen molar-refractivity contribution >= 4 is 11.3 Å². The van der Waals surface area contributed by atoms with E-state index in [0.29, 0.717) is 0 Å². The van der Waals surface area contributed by atoms with E-state index in [1.54, 1.807) is 11.3 Å². The molecule has 0 radical (unpaired) electrons. The lowest BCUT2D eigenvalue weighted by Crippen LogP contribution is -2.13. The third-order valence-electron chi connectivity index (χ3n) is 2.78. The molecular formula is C13H12OS. The number of thiophene rings is 1. The van der Waals surface area contributed by atoms with E-state index in [1.165, 1.54) is 10.4 Å². The minimum atomic E-state index is 0.244. The maximum absolute atomic E-state index is 5.97. The Bertz CT molecular complexity index is 447. The summed E-state index contributed by atoms with van der Waals surface area (Å²) in [4.78, 5) is 1.39. The molecule has 1 aliphatic rings. The summed E-state index contributed by atoms with van der Waals surface area (Å²) in [6.07, 6.45) is 2.48. The van der Waals surface area contributed by atoms with Crippen LogP contribution in [0.5, 0.6) is 5.75 Å². The van der Waals surface area contributed by atoms with E-state index in [1.807, 2.05) is 6.07 Å². The highest BCUT2D eigenvalue weighted by Crippen LogP contribution is 2.37. The van der Waals surface area contributed by atoms with E-state index in [9.17, 15) is 0 Å². The van der Waals surface area contributed by atoms with Gasteiger partial charge < -0.3 is 4.74 Å². The molecule has 0 N–H and O–H groups in total. The van der Waals surface area contributed by atoms with Crippen LogP contribution in [0.4, 0.5) is 0 Å². The summed E-state index contributed by atoms with van der Waals surface area (Å²) in [5.41, 5.74) is 1.29. The Morgan fingerprint density at radius 3 is 2.87 bits per heavy atom. The van der Waals surface area contributed by atoms with Crippen molar-refractivity contribution in [3.63, 3.8) is 0 Å². The number of rotatable bonds is 1. The van der Waals surface area contributed by atoms with Crippen molar-refractivity contribution in [1.82, 2.24) is 0 Å². The fraction of sp³-hybridized carbons (Fsp3) is 0.231. The highest BCUT2D eigenvalue weighted by atomic mass is 32.1. The molecule has 15 heavy (non-hydrogen) atoms. The topological polar surface area (TPSA) is 9.23 Å². The van der Waals surface area contributed by atoms with Crippen molar-refractivity contribution in [3.05, 3.63) is 52.2 Å². The van der Waals surface area contributed by atoms with Gasteiger partial charge in [-0.3, -0.25) is 0 Å². The Morgan fingerprint density at radius 2 is 2.00 bits per heavy atom. The standard InChI is InChI=1S/C13H12OS/c1-2-4-10(5-3-1)11-6-7-13-12(14-11)8-9-15-13/h1-5,8-9,11H,6-7H2. The fourth-order valence-electron chi connectivity index (χ4n) is 1.99. The number of aryl methyl sites for hydroxylation is 1. The van der Waals surface area contributed by atoms with Crippen LogP contribution >= 0.6 is 11.3 Å². The lowest BCUT2D eigenvalue weighted by atomic mass is 10.0. The molecule has 0 amide bonds. The molecule has 1 aliphatic heterocycles. The zero-order chi connectivity index (χ0) is 10.1. The summed E-state index contributed by atoms with van der Waals surface area (Å²) in [5.74, 6) is 1.08. The van der Waals surface area contributed by atoms with Crippen LogP contribution in [0.1, 0.15) is 23.0 Å². The van der Waals surface area contributed by atoms with Gasteiger partial charge in [0, 0.05) is 4.88 Å². The van der Waals surface area contributed by atoms with Gasteiger partial charge in [-0.25, -0.2) is 0 Å². The zero-order valence-corrected chi connectivity index (χ0v) is 9.17. The van der Waals surface area contributed by atoms with Gasteiger partial charge in [0.05, 0.1) is 0 Å². The van der Waals surface area contributed by atoms with Gasteiger partial charge in [-0.05, 0) is 29.9 Å². The first kappa shape index (κ1) is 8.98.